The fourth-order valence-electron chi connectivity index (χ4n) is 0.988. The Morgan fingerprint density at radius 3 is 2.40 bits per heavy atom. The van der Waals surface area contributed by atoms with Crippen molar-refractivity contribution in [1.29, 1.82) is 0 Å². The summed E-state index contributed by atoms with van der Waals surface area (Å²) in [7, 11) is 5.51. The van der Waals surface area contributed by atoms with E-state index in [1.807, 2.05) is 21.0 Å². The van der Waals surface area contributed by atoms with Crippen LogP contribution in [0.3, 0.4) is 0 Å². The molecule has 0 aliphatic heterocycles. The number of nitrogens with zero attached hydrogens (tertiary/aromatic N) is 1. The van der Waals surface area contributed by atoms with Crippen molar-refractivity contribution in [1.82, 2.24) is 10.2 Å². The third-order valence-electron chi connectivity index (χ3n) is 2.79. The first kappa shape index (κ1) is 14.4. The molecule has 0 radical (unpaired) electrons. The number of likely N-dealkylation sites (N-methyl/N-ethyl adjacent to an activating group) is 1. The molecule has 0 bridgehead atoms. The molecule has 1 atom stereocenters. The molecule has 1 unspecified atom stereocenters. The molecule has 4 nitrogen and oxygen atoms in total. The summed E-state index contributed by atoms with van der Waals surface area (Å²) in [4.78, 5) is 13.2. The zero-order valence-electron chi connectivity index (χ0n) is 10.8. The minimum Gasteiger partial charge on any atom is -0.469 e. The van der Waals surface area contributed by atoms with Crippen molar-refractivity contribution in [2.24, 2.45) is 0 Å². The summed E-state index contributed by atoms with van der Waals surface area (Å²) in [6.45, 7) is 7.15. The molecule has 0 spiro atoms. The van der Waals surface area contributed by atoms with Gasteiger partial charge in [0.15, 0.2) is 0 Å². The van der Waals surface area contributed by atoms with Crippen molar-refractivity contribution in [3.8, 4) is 0 Å². The van der Waals surface area contributed by atoms with Crippen molar-refractivity contribution < 1.29 is 9.53 Å². The molecular formula is C11H24N2O2. The highest BCUT2D eigenvalue weighted by atomic mass is 16.5. The molecule has 4 heteroatoms. The molecule has 0 fully saturated rings. The molecule has 0 aromatic heterocycles. The Kier molecular flexibility index (Phi) is 5.83. The minimum atomic E-state index is -0.169. The van der Waals surface area contributed by atoms with Crippen LogP contribution in [0.5, 0.6) is 0 Å². The van der Waals surface area contributed by atoms with Crippen LogP contribution in [0.2, 0.25) is 0 Å². The highest BCUT2D eigenvalue weighted by Gasteiger charge is 2.21. The first-order valence-electron chi connectivity index (χ1n) is 5.27. The van der Waals surface area contributed by atoms with Crippen LogP contribution < -0.4 is 5.32 Å². The van der Waals surface area contributed by atoms with Crippen LogP contribution in [0.25, 0.3) is 0 Å². The monoisotopic (exact) mass is 216 g/mol. The Hall–Kier alpha value is -0.610. The molecule has 0 aliphatic carbocycles. The summed E-state index contributed by atoms with van der Waals surface area (Å²) >= 11 is 0. The van der Waals surface area contributed by atoms with E-state index >= 15 is 0 Å². The molecule has 0 saturated heterocycles. The van der Waals surface area contributed by atoms with Gasteiger partial charge in [-0.05, 0) is 34.9 Å². The quantitative estimate of drug-likeness (QED) is 0.669. The number of carbonyl (C=O) groups is 1. The van der Waals surface area contributed by atoms with Crippen LogP contribution in [0, 0.1) is 0 Å². The van der Waals surface area contributed by atoms with Crippen molar-refractivity contribution in [2.45, 2.75) is 38.8 Å². The zero-order chi connectivity index (χ0) is 12.1. The summed E-state index contributed by atoms with van der Waals surface area (Å²) in [5.41, 5.74) is 0.0877. The molecule has 0 saturated carbocycles. The average Bonchev–Trinajstić information content (AvgIpc) is 2.14. The Labute approximate surface area is 93.0 Å². The van der Waals surface area contributed by atoms with Crippen LogP contribution in [-0.2, 0) is 9.53 Å². The lowest BCUT2D eigenvalue weighted by Crippen LogP contribution is -2.49. The number of methoxy groups -OCH3 is 1. The van der Waals surface area contributed by atoms with E-state index in [9.17, 15) is 4.79 Å². The predicted octanol–water partition coefficient (Wildman–Crippen LogP) is 0.868. The van der Waals surface area contributed by atoms with E-state index in [0.29, 0.717) is 6.42 Å². The SMILES string of the molecule is COC(=O)CC(C)NCC(C)(C)N(C)C. The second-order valence-electron chi connectivity index (χ2n) is 4.77. The van der Waals surface area contributed by atoms with Gasteiger partial charge in [0.1, 0.15) is 0 Å². The molecule has 0 aliphatic rings. The Bertz CT molecular complexity index is 203. The summed E-state index contributed by atoms with van der Waals surface area (Å²) in [5.74, 6) is -0.169. The summed E-state index contributed by atoms with van der Waals surface area (Å²) in [6.07, 6.45) is 0.417. The topological polar surface area (TPSA) is 41.6 Å². The maximum atomic E-state index is 11.0. The lowest BCUT2D eigenvalue weighted by Gasteiger charge is -2.33. The molecule has 0 aromatic rings. The van der Waals surface area contributed by atoms with E-state index in [2.05, 4.69) is 28.8 Å². The van der Waals surface area contributed by atoms with E-state index in [1.54, 1.807) is 0 Å². The highest BCUT2D eigenvalue weighted by Crippen LogP contribution is 2.08. The van der Waals surface area contributed by atoms with Crippen LogP contribution in [0.4, 0.5) is 0 Å². The predicted molar refractivity (Wildman–Crippen MR) is 61.9 cm³/mol. The molecular weight excluding hydrogens is 192 g/mol. The first-order valence-corrected chi connectivity index (χ1v) is 5.27. The Morgan fingerprint density at radius 1 is 1.47 bits per heavy atom. The van der Waals surface area contributed by atoms with Gasteiger partial charge in [0.25, 0.3) is 0 Å². The molecule has 90 valence electrons. The van der Waals surface area contributed by atoms with Crippen LogP contribution in [0.1, 0.15) is 27.2 Å². The van der Waals surface area contributed by atoms with Crippen molar-refractivity contribution in [2.75, 3.05) is 27.7 Å². The van der Waals surface area contributed by atoms with E-state index in [-0.39, 0.29) is 17.6 Å². The van der Waals surface area contributed by atoms with Gasteiger partial charge in [-0.3, -0.25) is 4.79 Å². The summed E-state index contributed by atoms with van der Waals surface area (Å²) in [5, 5.41) is 3.33. The molecule has 1 N–H and O–H groups in total. The number of ether oxygens (including phenoxy) is 1. The fraction of sp³-hybridized carbons (Fsp3) is 0.909. The summed E-state index contributed by atoms with van der Waals surface area (Å²) in [6, 6.07) is 0.150. The zero-order valence-corrected chi connectivity index (χ0v) is 10.8. The largest absolute Gasteiger partial charge is 0.469 e. The van der Waals surface area contributed by atoms with Crippen molar-refractivity contribution in [3.05, 3.63) is 0 Å². The molecule has 0 amide bonds. The van der Waals surface area contributed by atoms with Gasteiger partial charge in [-0.15, -0.1) is 0 Å². The standard InChI is InChI=1S/C11H24N2O2/c1-9(7-10(14)15-6)12-8-11(2,3)13(4)5/h9,12H,7-8H2,1-6H3. The third kappa shape index (κ3) is 5.74. The van der Waals surface area contributed by atoms with Gasteiger partial charge < -0.3 is 15.0 Å². The lowest BCUT2D eigenvalue weighted by molar-refractivity contribution is -0.141. The number of rotatable bonds is 6. The van der Waals surface area contributed by atoms with Gasteiger partial charge in [-0.1, -0.05) is 0 Å². The van der Waals surface area contributed by atoms with Gasteiger partial charge in [0.2, 0.25) is 0 Å². The van der Waals surface area contributed by atoms with E-state index in [4.69, 9.17) is 0 Å². The van der Waals surface area contributed by atoms with Crippen LogP contribution >= 0.6 is 0 Å². The molecule has 0 heterocycles. The van der Waals surface area contributed by atoms with Gasteiger partial charge in [-0.25, -0.2) is 0 Å². The number of esters is 1. The lowest BCUT2D eigenvalue weighted by atomic mass is 10.0. The Morgan fingerprint density at radius 2 is 2.00 bits per heavy atom. The third-order valence-corrected chi connectivity index (χ3v) is 2.79. The smallest absolute Gasteiger partial charge is 0.307 e. The normalized spacial score (nSPS) is 14.1. The molecule has 0 rings (SSSR count). The van der Waals surface area contributed by atoms with Gasteiger partial charge in [0.05, 0.1) is 13.5 Å². The number of hydrogen-bond donors (Lipinski definition) is 1. The van der Waals surface area contributed by atoms with Crippen LogP contribution in [0.15, 0.2) is 0 Å². The van der Waals surface area contributed by atoms with Crippen LogP contribution in [-0.4, -0.2) is 50.2 Å². The van der Waals surface area contributed by atoms with Gasteiger partial charge >= 0.3 is 5.97 Å². The number of nitrogens with one attached hydrogen (secondary N) is 1. The Balaban J connectivity index is 3.90. The second-order valence-corrected chi connectivity index (χ2v) is 4.77. The maximum Gasteiger partial charge on any atom is 0.307 e. The second kappa shape index (κ2) is 6.08. The van der Waals surface area contributed by atoms with E-state index in [0.717, 1.165) is 6.54 Å². The number of carbonyl (C=O) groups excluding carboxylic acids is 1. The van der Waals surface area contributed by atoms with Crippen molar-refractivity contribution in [3.63, 3.8) is 0 Å². The van der Waals surface area contributed by atoms with Gasteiger partial charge in [0, 0.05) is 18.1 Å². The maximum absolute atomic E-state index is 11.0. The molecule has 15 heavy (non-hydrogen) atoms. The highest BCUT2D eigenvalue weighted by molar-refractivity contribution is 5.69. The summed E-state index contributed by atoms with van der Waals surface area (Å²) < 4.78 is 4.61. The van der Waals surface area contributed by atoms with E-state index in [1.165, 1.54) is 7.11 Å². The number of hydrogen-bond acceptors (Lipinski definition) is 4. The minimum absolute atomic E-state index is 0.0877. The first-order chi connectivity index (χ1) is 6.79. The fourth-order valence-corrected chi connectivity index (χ4v) is 0.988. The molecule has 0 aromatic carbocycles. The van der Waals surface area contributed by atoms with E-state index < -0.39 is 0 Å². The average molecular weight is 216 g/mol. The van der Waals surface area contributed by atoms with Gasteiger partial charge in [-0.2, -0.15) is 0 Å². The van der Waals surface area contributed by atoms with Crippen molar-refractivity contribution >= 4 is 5.97 Å².